The van der Waals surface area contributed by atoms with Gasteiger partial charge in [-0.05, 0) is 38.3 Å². The Hall–Kier alpha value is -2.54. The van der Waals surface area contributed by atoms with Gasteiger partial charge in [0.15, 0.2) is 0 Å². The lowest BCUT2D eigenvalue weighted by molar-refractivity contribution is -0.305. The van der Waals surface area contributed by atoms with Crippen molar-refractivity contribution >= 4 is 29.6 Å². The van der Waals surface area contributed by atoms with Crippen LogP contribution < -0.4 is 10.4 Å². The number of hydrogen-bond acceptors (Lipinski definition) is 5. The van der Waals surface area contributed by atoms with Gasteiger partial charge < -0.3 is 20.0 Å². The van der Waals surface area contributed by atoms with Crippen LogP contribution in [0.2, 0.25) is 5.02 Å². The van der Waals surface area contributed by atoms with Crippen LogP contribution >= 0.6 is 11.6 Å². The molecule has 140 valence electrons. The molecular weight excluding hydrogens is 360 g/mol. The molecule has 1 aliphatic heterocycles. The fourth-order valence-electron chi connectivity index (χ4n) is 2.85. The molecular formula is C18H20ClN2O5-. The first-order valence-electron chi connectivity index (χ1n) is 8.27. The second kappa shape index (κ2) is 8.71. The van der Waals surface area contributed by atoms with Crippen LogP contribution in [0.4, 0.5) is 4.79 Å². The van der Waals surface area contributed by atoms with Crippen LogP contribution in [0.5, 0.6) is 0 Å². The van der Waals surface area contributed by atoms with Gasteiger partial charge in [0.1, 0.15) is 0 Å². The minimum atomic E-state index is -1.19. The molecule has 0 unspecified atom stereocenters. The number of nitrogens with one attached hydrogen (secondary N) is 1. The van der Waals surface area contributed by atoms with Gasteiger partial charge in [-0.3, -0.25) is 4.90 Å². The standard InChI is InChI=1S/C18H21ClN2O5/c1-3-26-17(24)15-11(2)21(10-6-9-14(22)23)18(25)20-16(15)12-7-4-5-8-13(12)19/h4-5,7-8,16H,3,6,9-10H2,1-2H3,(H,20,25)(H,22,23)/p-1/t16-/m0/s1. The number of aliphatic carboxylic acids is 1. The number of carbonyl (C=O) groups is 3. The number of nitrogens with zero attached hydrogens (tertiary/aromatic N) is 1. The summed E-state index contributed by atoms with van der Waals surface area (Å²) in [6.45, 7) is 3.65. The molecule has 2 amide bonds. The number of rotatable bonds is 7. The molecule has 1 N–H and O–H groups in total. The maximum atomic E-state index is 12.5. The van der Waals surface area contributed by atoms with Crippen molar-refractivity contribution in [3.05, 3.63) is 46.1 Å². The van der Waals surface area contributed by atoms with E-state index < -0.39 is 24.0 Å². The fraction of sp³-hybridized carbons (Fsp3) is 0.389. The van der Waals surface area contributed by atoms with Crippen LogP contribution in [-0.4, -0.2) is 36.0 Å². The Morgan fingerprint density at radius 1 is 1.35 bits per heavy atom. The van der Waals surface area contributed by atoms with Crippen molar-refractivity contribution in [1.29, 1.82) is 0 Å². The summed E-state index contributed by atoms with van der Waals surface area (Å²) in [6, 6.07) is 5.74. The normalized spacial score (nSPS) is 17.1. The van der Waals surface area contributed by atoms with Crippen LogP contribution in [0.3, 0.4) is 0 Å². The second-order valence-corrected chi connectivity index (χ2v) is 6.16. The number of carbonyl (C=O) groups excluding carboxylic acids is 3. The van der Waals surface area contributed by atoms with Crippen molar-refractivity contribution in [2.45, 2.75) is 32.7 Å². The molecule has 8 heteroatoms. The molecule has 26 heavy (non-hydrogen) atoms. The Bertz CT molecular complexity index is 747. The van der Waals surface area contributed by atoms with E-state index in [9.17, 15) is 19.5 Å². The minimum absolute atomic E-state index is 0.143. The van der Waals surface area contributed by atoms with Crippen LogP contribution in [0, 0.1) is 0 Å². The Labute approximate surface area is 156 Å². The highest BCUT2D eigenvalue weighted by molar-refractivity contribution is 6.31. The van der Waals surface area contributed by atoms with E-state index in [4.69, 9.17) is 16.3 Å². The quantitative estimate of drug-likeness (QED) is 0.728. The first kappa shape index (κ1) is 19.8. The Morgan fingerprint density at radius 3 is 2.65 bits per heavy atom. The smallest absolute Gasteiger partial charge is 0.338 e. The zero-order valence-electron chi connectivity index (χ0n) is 14.6. The molecule has 1 aliphatic rings. The van der Waals surface area contributed by atoms with E-state index in [0.717, 1.165) is 0 Å². The first-order valence-corrected chi connectivity index (χ1v) is 8.64. The maximum Gasteiger partial charge on any atom is 0.338 e. The molecule has 0 fully saturated rings. The molecule has 1 heterocycles. The van der Waals surface area contributed by atoms with Crippen LogP contribution in [-0.2, 0) is 14.3 Å². The molecule has 1 aromatic rings. The third-order valence-electron chi connectivity index (χ3n) is 4.07. The van der Waals surface area contributed by atoms with E-state index in [2.05, 4.69) is 5.32 Å². The van der Waals surface area contributed by atoms with Gasteiger partial charge in [0.2, 0.25) is 0 Å². The van der Waals surface area contributed by atoms with Crippen molar-refractivity contribution < 1.29 is 24.2 Å². The average Bonchev–Trinajstić information content (AvgIpc) is 2.57. The molecule has 2 rings (SSSR count). The van der Waals surface area contributed by atoms with Gasteiger partial charge in [-0.1, -0.05) is 29.8 Å². The number of allylic oxidation sites excluding steroid dienone is 1. The maximum absolute atomic E-state index is 12.5. The van der Waals surface area contributed by atoms with E-state index in [-0.39, 0.29) is 31.6 Å². The molecule has 1 aromatic carbocycles. The van der Waals surface area contributed by atoms with Crippen molar-refractivity contribution in [2.24, 2.45) is 0 Å². The lowest BCUT2D eigenvalue weighted by Gasteiger charge is -2.35. The van der Waals surface area contributed by atoms with Gasteiger partial charge in [-0.2, -0.15) is 0 Å². The third-order valence-corrected chi connectivity index (χ3v) is 4.41. The first-order chi connectivity index (χ1) is 12.4. The van der Waals surface area contributed by atoms with Crippen LogP contribution in [0.1, 0.15) is 38.3 Å². The summed E-state index contributed by atoms with van der Waals surface area (Å²) in [5.41, 5.74) is 1.27. The van der Waals surface area contributed by atoms with Crippen molar-refractivity contribution in [3.8, 4) is 0 Å². The van der Waals surface area contributed by atoms with Gasteiger partial charge >= 0.3 is 12.0 Å². The molecule has 0 saturated carbocycles. The average molecular weight is 380 g/mol. The van der Waals surface area contributed by atoms with Crippen LogP contribution in [0.15, 0.2) is 35.5 Å². The van der Waals surface area contributed by atoms with Gasteiger partial charge in [0, 0.05) is 23.2 Å². The number of amides is 2. The SMILES string of the molecule is CCOC(=O)C1=C(C)N(CCCC(=O)[O-])C(=O)N[C@H]1c1ccccc1Cl. The molecule has 1 atom stereocenters. The van der Waals surface area contributed by atoms with Gasteiger partial charge in [0.05, 0.1) is 18.2 Å². The molecule has 0 saturated heterocycles. The second-order valence-electron chi connectivity index (χ2n) is 5.75. The summed E-state index contributed by atoms with van der Waals surface area (Å²) in [5.74, 6) is -1.75. The van der Waals surface area contributed by atoms with E-state index in [1.807, 2.05) is 0 Å². The minimum Gasteiger partial charge on any atom is -0.550 e. The summed E-state index contributed by atoms with van der Waals surface area (Å²) < 4.78 is 5.15. The summed E-state index contributed by atoms with van der Waals surface area (Å²) >= 11 is 6.24. The molecule has 0 spiro atoms. The highest BCUT2D eigenvalue weighted by atomic mass is 35.5. The monoisotopic (exact) mass is 379 g/mol. The number of carboxylic acid groups (broad SMARTS) is 1. The highest BCUT2D eigenvalue weighted by Crippen LogP contribution is 2.34. The Morgan fingerprint density at radius 2 is 2.04 bits per heavy atom. The van der Waals surface area contributed by atoms with Crippen molar-refractivity contribution in [2.75, 3.05) is 13.2 Å². The predicted molar refractivity (Wildman–Crippen MR) is 93.0 cm³/mol. The molecule has 7 nitrogen and oxygen atoms in total. The van der Waals surface area contributed by atoms with E-state index in [1.165, 1.54) is 4.90 Å². The van der Waals surface area contributed by atoms with Crippen molar-refractivity contribution in [3.63, 3.8) is 0 Å². The summed E-state index contributed by atoms with van der Waals surface area (Å²) in [7, 11) is 0. The Kier molecular flexibility index (Phi) is 6.63. The lowest BCUT2D eigenvalue weighted by atomic mass is 9.94. The third kappa shape index (κ3) is 4.35. The number of halogens is 1. The zero-order valence-corrected chi connectivity index (χ0v) is 15.3. The summed E-state index contributed by atoms with van der Waals surface area (Å²) in [6.07, 6.45) is 0.0275. The molecule has 0 bridgehead atoms. The van der Waals surface area contributed by atoms with Gasteiger partial charge in [-0.25, -0.2) is 9.59 Å². The highest BCUT2D eigenvalue weighted by Gasteiger charge is 2.36. The number of carboxylic acids is 1. The molecule has 0 aliphatic carbocycles. The number of urea groups is 1. The zero-order chi connectivity index (χ0) is 19.3. The predicted octanol–water partition coefficient (Wildman–Crippen LogP) is 1.77. The molecule has 0 radical (unpaired) electrons. The number of benzene rings is 1. The van der Waals surface area contributed by atoms with Gasteiger partial charge in [0.25, 0.3) is 0 Å². The largest absolute Gasteiger partial charge is 0.550 e. The number of esters is 1. The summed E-state index contributed by atoms with van der Waals surface area (Å²) in [4.78, 5) is 37.0. The number of ether oxygens (including phenoxy) is 1. The van der Waals surface area contributed by atoms with E-state index in [1.54, 1.807) is 38.1 Å². The van der Waals surface area contributed by atoms with Crippen molar-refractivity contribution in [1.82, 2.24) is 10.2 Å². The lowest BCUT2D eigenvalue weighted by Crippen LogP contribution is -2.48. The fourth-order valence-corrected chi connectivity index (χ4v) is 3.09. The topological polar surface area (TPSA) is 98.8 Å². The van der Waals surface area contributed by atoms with E-state index in [0.29, 0.717) is 16.3 Å². The number of hydrogen-bond donors (Lipinski definition) is 1. The van der Waals surface area contributed by atoms with Crippen LogP contribution in [0.25, 0.3) is 0 Å². The molecule has 0 aromatic heterocycles. The Balaban J connectivity index is 2.42. The summed E-state index contributed by atoms with van der Waals surface area (Å²) in [5, 5.41) is 13.8. The van der Waals surface area contributed by atoms with E-state index >= 15 is 0 Å². The van der Waals surface area contributed by atoms with Gasteiger partial charge in [-0.15, -0.1) is 0 Å².